The van der Waals surface area contributed by atoms with E-state index in [1.165, 1.54) is 0 Å². The molecule has 15 heavy (non-hydrogen) atoms. The molecule has 2 N–H and O–H groups in total. The Balaban J connectivity index is 2.63. The number of nitrogens with two attached hydrogens (primary N) is 1. The van der Waals surface area contributed by atoms with E-state index in [0.717, 1.165) is 10.8 Å². The number of primary amides is 1. The summed E-state index contributed by atoms with van der Waals surface area (Å²) in [5.41, 5.74) is 5.81. The molecule has 2 rings (SSSR count). The quantitative estimate of drug-likeness (QED) is 0.841. The van der Waals surface area contributed by atoms with Crippen molar-refractivity contribution in [1.29, 1.82) is 0 Å². The fraction of sp³-hybridized carbons (Fsp3) is 0.0909. The van der Waals surface area contributed by atoms with Crippen LogP contribution in [-0.4, -0.2) is 10.9 Å². The third-order valence-corrected chi connectivity index (χ3v) is 2.39. The summed E-state index contributed by atoms with van der Waals surface area (Å²) in [4.78, 5) is 15.0. The summed E-state index contributed by atoms with van der Waals surface area (Å²) < 4.78 is 0. The van der Waals surface area contributed by atoms with Gasteiger partial charge in [-0.25, -0.2) is 0 Å². The molecule has 0 atom stereocenters. The predicted octanol–water partition coefficient (Wildman–Crippen LogP) is 1.92. The fourth-order valence-corrected chi connectivity index (χ4v) is 1.68. The third-order valence-electron chi connectivity index (χ3n) is 2.15. The van der Waals surface area contributed by atoms with E-state index in [9.17, 15) is 4.79 Å². The average Bonchev–Trinajstić information content (AvgIpc) is 2.18. The summed E-state index contributed by atoms with van der Waals surface area (Å²) in [6.07, 6.45) is 1.80. The van der Waals surface area contributed by atoms with E-state index >= 15 is 0 Å². The fourth-order valence-electron chi connectivity index (χ4n) is 1.51. The van der Waals surface area contributed by atoms with Gasteiger partial charge in [-0.05, 0) is 23.6 Å². The van der Waals surface area contributed by atoms with Crippen LogP contribution in [0.4, 0.5) is 0 Å². The first-order valence-electron chi connectivity index (χ1n) is 4.48. The number of halogens is 1. The normalized spacial score (nSPS) is 10.5. The number of hydrogen-bond donors (Lipinski definition) is 1. The van der Waals surface area contributed by atoms with E-state index in [4.69, 9.17) is 17.3 Å². The van der Waals surface area contributed by atoms with Crippen LogP contribution in [0.15, 0.2) is 30.5 Å². The van der Waals surface area contributed by atoms with Gasteiger partial charge in [0.05, 0.1) is 12.1 Å². The van der Waals surface area contributed by atoms with Gasteiger partial charge in [-0.1, -0.05) is 17.7 Å². The van der Waals surface area contributed by atoms with Crippen LogP contribution in [-0.2, 0) is 11.2 Å². The molecule has 0 radical (unpaired) electrons. The van der Waals surface area contributed by atoms with Gasteiger partial charge in [0.2, 0.25) is 5.91 Å². The van der Waals surface area contributed by atoms with Crippen LogP contribution in [0, 0.1) is 0 Å². The van der Waals surface area contributed by atoms with Crippen LogP contribution >= 0.6 is 11.6 Å². The highest BCUT2D eigenvalue weighted by Crippen LogP contribution is 2.21. The van der Waals surface area contributed by atoms with Crippen LogP contribution in [0.3, 0.4) is 0 Å². The molecule has 0 unspecified atom stereocenters. The van der Waals surface area contributed by atoms with E-state index < -0.39 is 5.91 Å². The highest BCUT2D eigenvalue weighted by Gasteiger charge is 2.05. The second-order valence-corrected chi connectivity index (χ2v) is 3.70. The number of amides is 1. The van der Waals surface area contributed by atoms with Gasteiger partial charge in [0.1, 0.15) is 0 Å². The Bertz CT molecular complexity index is 525. The molecule has 0 saturated carbocycles. The van der Waals surface area contributed by atoms with E-state index in [1.807, 2.05) is 12.1 Å². The topological polar surface area (TPSA) is 56.0 Å². The molecule has 0 saturated heterocycles. The third kappa shape index (κ3) is 2.07. The molecule has 0 fully saturated rings. The Morgan fingerprint density at radius 2 is 2.20 bits per heavy atom. The highest BCUT2D eigenvalue weighted by molar-refractivity contribution is 6.31. The number of pyridine rings is 1. The number of aromatic nitrogens is 1. The van der Waals surface area contributed by atoms with Crippen molar-refractivity contribution >= 4 is 28.3 Å². The molecule has 0 aliphatic carbocycles. The number of nitrogens with zero attached hydrogens (tertiary/aromatic N) is 1. The van der Waals surface area contributed by atoms with Gasteiger partial charge in [0.25, 0.3) is 0 Å². The van der Waals surface area contributed by atoms with Gasteiger partial charge in [-0.15, -0.1) is 0 Å². The zero-order chi connectivity index (χ0) is 10.8. The minimum Gasteiger partial charge on any atom is -0.369 e. The number of carbonyl (C=O) groups is 1. The van der Waals surface area contributed by atoms with Crippen molar-refractivity contribution in [3.8, 4) is 0 Å². The van der Waals surface area contributed by atoms with Crippen molar-refractivity contribution in [2.24, 2.45) is 5.73 Å². The van der Waals surface area contributed by atoms with Crippen molar-refractivity contribution in [2.45, 2.75) is 6.42 Å². The van der Waals surface area contributed by atoms with Gasteiger partial charge >= 0.3 is 0 Å². The van der Waals surface area contributed by atoms with Crippen molar-refractivity contribution < 1.29 is 4.79 Å². The van der Waals surface area contributed by atoms with Crippen LogP contribution < -0.4 is 5.73 Å². The van der Waals surface area contributed by atoms with E-state index in [1.54, 1.807) is 18.3 Å². The highest BCUT2D eigenvalue weighted by atomic mass is 35.5. The lowest BCUT2D eigenvalue weighted by Crippen LogP contribution is -2.14. The summed E-state index contributed by atoms with van der Waals surface area (Å²) >= 11 is 5.88. The van der Waals surface area contributed by atoms with E-state index in [0.29, 0.717) is 10.7 Å². The van der Waals surface area contributed by atoms with Crippen LogP contribution in [0.2, 0.25) is 5.02 Å². The summed E-state index contributed by atoms with van der Waals surface area (Å²) in [6.45, 7) is 0. The van der Waals surface area contributed by atoms with Crippen LogP contribution in [0.5, 0.6) is 0 Å². The number of hydrogen-bond acceptors (Lipinski definition) is 2. The molecule has 1 aromatic heterocycles. The molecule has 0 bridgehead atoms. The zero-order valence-electron chi connectivity index (χ0n) is 7.90. The molecular weight excluding hydrogens is 212 g/mol. The number of carbonyl (C=O) groups excluding carboxylic acids is 1. The standard InChI is InChI=1S/C11H9ClN2O/c12-8-2-1-7-3-4-14-10(6-11(13)15)9(7)5-8/h1-5H,6H2,(H2,13,15). The lowest BCUT2D eigenvalue weighted by atomic mass is 10.1. The summed E-state index contributed by atoms with van der Waals surface area (Å²) in [5.74, 6) is -0.394. The molecule has 4 heteroatoms. The van der Waals surface area contributed by atoms with Crippen molar-refractivity contribution in [1.82, 2.24) is 4.98 Å². The lowest BCUT2D eigenvalue weighted by molar-refractivity contribution is -0.117. The molecular formula is C11H9ClN2O. The second-order valence-electron chi connectivity index (χ2n) is 3.27. The van der Waals surface area contributed by atoms with Crippen LogP contribution in [0.1, 0.15) is 5.69 Å². The van der Waals surface area contributed by atoms with Gasteiger partial charge in [-0.2, -0.15) is 0 Å². The number of fused-ring (bicyclic) bond motifs is 1. The molecule has 2 aromatic rings. The van der Waals surface area contributed by atoms with Crippen LogP contribution in [0.25, 0.3) is 10.8 Å². The first kappa shape index (κ1) is 9.93. The predicted molar refractivity (Wildman–Crippen MR) is 59.7 cm³/mol. The summed E-state index contributed by atoms with van der Waals surface area (Å²) in [6, 6.07) is 7.36. The SMILES string of the molecule is NC(=O)Cc1nccc2ccc(Cl)cc12. The van der Waals surface area contributed by atoms with Gasteiger partial charge in [0.15, 0.2) is 0 Å². The average molecular weight is 221 g/mol. The molecule has 0 aliphatic heterocycles. The molecule has 76 valence electrons. The summed E-state index contributed by atoms with van der Waals surface area (Å²) in [7, 11) is 0. The molecule has 0 aliphatic rings. The Labute approximate surface area is 91.9 Å². The molecule has 1 heterocycles. The minimum atomic E-state index is -0.394. The second kappa shape index (κ2) is 3.87. The maximum Gasteiger partial charge on any atom is 0.223 e. The lowest BCUT2D eigenvalue weighted by Gasteiger charge is -2.03. The molecule has 0 spiro atoms. The van der Waals surface area contributed by atoms with E-state index in [-0.39, 0.29) is 6.42 Å². The molecule has 1 aromatic carbocycles. The molecule has 3 nitrogen and oxygen atoms in total. The monoisotopic (exact) mass is 220 g/mol. The first-order chi connectivity index (χ1) is 7.16. The summed E-state index contributed by atoms with van der Waals surface area (Å²) in [5, 5.41) is 2.51. The van der Waals surface area contributed by atoms with Crippen molar-refractivity contribution in [3.63, 3.8) is 0 Å². The number of rotatable bonds is 2. The largest absolute Gasteiger partial charge is 0.369 e. The Morgan fingerprint density at radius 3 is 2.93 bits per heavy atom. The molecule has 1 amide bonds. The Hall–Kier alpha value is -1.61. The van der Waals surface area contributed by atoms with Crippen molar-refractivity contribution in [2.75, 3.05) is 0 Å². The number of benzene rings is 1. The Morgan fingerprint density at radius 1 is 1.40 bits per heavy atom. The Kier molecular flexibility index (Phi) is 2.56. The van der Waals surface area contributed by atoms with Crippen molar-refractivity contribution in [3.05, 3.63) is 41.2 Å². The van der Waals surface area contributed by atoms with Gasteiger partial charge in [-0.3, -0.25) is 9.78 Å². The van der Waals surface area contributed by atoms with Gasteiger partial charge < -0.3 is 5.73 Å². The van der Waals surface area contributed by atoms with Gasteiger partial charge in [0, 0.05) is 16.6 Å². The minimum absolute atomic E-state index is 0.137. The first-order valence-corrected chi connectivity index (χ1v) is 4.86. The maximum atomic E-state index is 10.8. The zero-order valence-corrected chi connectivity index (χ0v) is 8.66. The smallest absolute Gasteiger partial charge is 0.223 e. The van der Waals surface area contributed by atoms with E-state index in [2.05, 4.69) is 4.98 Å². The maximum absolute atomic E-state index is 10.8.